The Bertz CT molecular complexity index is 874. The molecule has 2 rings (SSSR count). The summed E-state index contributed by atoms with van der Waals surface area (Å²) >= 11 is 1.31. The van der Waals surface area contributed by atoms with E-state index in [1.165, 1.54) is 17.3 Å². The SMILES string of the molecule is CC(C)[C@](C)(C#N)NC(=O)CSc1nnc(-c2ccc(C(C)(C)C)cc2)n1C. The summed E-state index contributed by atoms with van der Waals surface area (Å²) in [4.78, 5) is 12.3. The number of amides is 1. The van der Waals surface area contributed by atoms with Gasteiger partial charge in [0.15, 0.2) is 11.0 Å². The summed E-state index contributed by atoms with van der Waals surface area (Å²) in [6.07, 6.45) is 0. The first kappa shape index (κ1) is 22.0. The van der Waals surface area contributed by atoms with Crippen molar-refractivity contribution in [3.05, 3.63) is 29.8 Å². The number of hydrogen-bond acceptors (Lipinski definition) is 5. The van der Waals surface area contributed by atoms with Crippen molar-refractivity contribution in [1.82, 2.24) is 20.1 Å². The number of carbonyl (C=O) groups is 1. The lowest BCUT2D eigenvalue weighted by atomic mass is 9.87. The van der Waals surface area contributed by atoms with E-state index in [0.717, 1.165) is 11.4 Å². The summed E-state index contributed by atoms with van der Waals surface area (Å²) in [6.45, 7) is 12.1. The molecule has 0 aliphatic heterocycles. The smallest absolute Gasteiger partial charge is 0.231 e. The topological polar surface area (TPSA) is 83.6 Å². The minimum Gasteiger partial charge on any atom is -0.337 e. The molecule has 0 spiro atoms. The van der Waals surface area contributed by atoms with Gasteiger partial charge in [-0.2, -0.15) is 5.26 Å². The molecule has 0 saturated carbocycles. The maximum absolute atomic E-state index is 12.3. The van der Waals surface area contributed by atoms with Gasteiger partial charge in [0.25, 0.3) is 0 Å². The summed E-state index contributed by atoms with van der Waals surface area (Å²) in [5, 5.41) is 21.3. The molecule has 0 saturated heterocycles. The first-order chi connectivity index (χ1) is 13.0. The lowest BCUT2D eigenvalue weighted by Crippen LogP contribution is -2.49. The maximum Gasteiger partial charge on any atom is 0.231 e. The quantitative estimate of drug-likeness (QED) is 0.744. The van der Waals surface area contributed by atoms with Crippen LogP contribution < -0.4 is 5.32 Å². The third-order valence-electron chi connectivity index (χ3n) is 4.96. The fraction of sp³-hybridized carbons (Fsp3) is 0.524. The predicted octanol–water partition coefficient (Wildman–Crippen LogP) is 3.93. The van der Waals surface area contributed by atoms with Crippen LogP contribution in [0.2, 0.25) is 0 Å². The predicted molar refractivity (Wildman–Crippen MR) is 113 cm³/mol. The number of nitrogens with one attached hydrogen (secondary N) is 1. The molecule has 6 nitrogen and oxygen atoms in total. The van der Waals surface area contributed by atoms with Crippen molar-refractivity contribution in [2.45, 2.75) is 57.7 Å². The van der Waals surface area contributed by atoms with Crippen LogP contribution in [0.25, 0.3) is 11.4 Å². The van der Waals surface area contributed by atoms with Crippen LogP contribution >= 0.6 is 11.8 Å². The van der Waals surface area contributed by atoms with Crippen LogP contribution in [0.3, 0.4) is 0 Å². The molecule has 28 heavy (non-hydrogen) atoms. The maximum atomic E-state index is 12.3. The average Bonchev–Trinajstić information content (AvgIpc) is 2.99. The number of hydrogen-bond donors (Lipinski definition) is 1. The number of nitrogens with zero attached hydrogens (tertiary/aromatic N) is 4. The van der Waals surface area contributed by atoms with E-state index in [4.69, 9.17) is 0 Å². The lowest BCUT2D eigenvalue weighted by Gasteiger charge is -2.27. The van der Waals surface area contributed by atoms with E-state index < -0.39 is 5.54 Å². The zero-order chi connectivity index (χ0) is 21.1. The van der Waals surface area contributed by atoms with Gasteiger partial charge in [0.2, 0.25) is 5.91 Å². The fourth-order valence-electron chi connectivity index (χ4n) is 2.57. The Morgan fingerprint density at radius 2 is 1.82 bits per heavy atom. The van der Waals surface area contributed by atoms with Crippen molar-refractivity contribution in [3.8, 4) is 17.5 Å². The summed E-state index contributed by atoms with van der Waals surface area (Å²) in [5.41, 5.74) is 1.46. The summed E-state index contributed by atoms with van der Waals surface area (Å²) < 4.78 is 1.88. The zero-order valence-electron chi connectivity index (χ0n) is 17.7. The Kier molecular flexibility index (Phi) is 6.56. The van der Waals surface area contributed by atoms with Crippen molar-refractivity contribution in [2.75, 3.05) is 5.75 Å². The van der Waals surface area contributed by atoms with Gasteiger partial charge in [-0.3, -0.25) is 4.79 Å². The number of benzene rings is 1. The number of aromatic nitrogens is 3. The molecular formula is C21H29N5OS. The van der Waals surface area contributed by atoms with Gasteiger partial charge in [0.1, 0.15) is 5.54 Å². The van der Waals surface area contributed by atoms with Crippen LogP contribution in [-0.4, -0.2) is 32.0 Å². The second-order valence-electron chi connectivity index (χ2n) is 8.50. The first-order valence-corrected chi connectivity index (χ1v) is 10.3. The van der Waals surface area contributed by atoms with Gasteiger partial charge < -0.3 is 9.88 Å². The van der Waals surface area contributed by atoms with E-state index >= 15 is 0 Å². The molecule has 0 aliphatic rings. The van der Waals surface area contributed by atoms with Gasteiger partial charge in [0.05, 0.1) is 11.8 Å². The van der Waals surface area contributed by atoms with Crippen LogP contribution in [0, 0.1) is 17.2 Å². The van der Waals surface area contributed by atoms with Crippen LogP contribution in [0.5, 0.6) is 0 Å². The first-order valence-electron chi connectivity index (χ1n) is 9.33. The van der Waals surface area contributed by atoms with Crippen molar-refractivity contribution >= 4 is 17.7 Å². The highest BCUT2D eigenvalue weighted by Gasteiger charge is 2.30. The Balaban J connectivity index is 2.07. The minimum atomic E-state index is -0.877. The highest BCUT2D eigenvalue weighted by atomic mass is 32.2. The average molecular weight is 400 g/mol. The number of carbonyl (C=O) groups excluding carboxylic acids is 1. The Hall–Kier alpha value is -2.33. The van der Waals surface area contributed by atoms with Crippen LogP contribution in [-0.2, 0) is 17.3 Å². The second-order valence-corrected chi connectivity index (χ2v) is 9.44. The van der Waals surface area contributed by atoms with Gasteiger partial charge in [0, 0.05) is 12.6 Å². The third-order valence-corrected chi connectivity index (χ3v) is 5.98. The van der Waals surface area contributed by atoms with E-state index in [1.54, 1.807) is 6.92 Å². The van der Waals surface area contributed by atoms with Gasteiger partial charge >= 0.3 is 0 Å². The summed E-state index contributed by atoms with van der Waals surface area (Å²) in [6, 6.07) is 10.5. The van der Waals surface area contributed by atoms with Gasteiger partial charge in [-0.1, -0.05) is 70.6 Å². The second kappa shape index (κ2) is 8.36. The fourth-order valence-corrected chi connectivity index (χ4v) is 3.28. The highest BCUT2D eigenvalue weighted by molar-refractivity contribution is 7.99. The summed E-state index contributed by atoms with van der Waals surface area (Å²) in [5.74, 6) is 0.761. The van der Waals surface area contributed by atoms with Crippen LogP contribution in [0.4, 0.5) is 0 Å². The molecule has 1 heterocycles. The minimum absolute atomic E-state index is 0.0175. The van der Waals surface area contributed by atoms with Gasteiger partial charge in [-0.15, -0.1) is 10.2 Å². The van der Waals surface area contributed by atoms with E-state index in [1.807, 2.05) is 37.6 Å². The number of nitriles is 1. The molecule has 150 valence electrons. The highest BCUT2D eigenvalue weighted by Crippen LogP contribution is 2.27. The number of rotatable bonds is 6. The standard InChI is InChI=1S/C21H29N5OS/c1-14(2)21(6,13-22)23-17(27)12-28-19-25-24-18(26(19)7)15-8-10-16(11-9-15)20(3,4)5/h8-11,14H,12H2,1-7H3,(H,23,27)/t21-/m0/s1. The van der Waals surface area contributed by atoms with E-state index in [2.05, 4.69) is 54.5 Å². The van der Waals surface area contributed by atoms with Gasteiger partial charge in [-0.25, -0.2) is 0 Å². The van der Waals surface area contributed by atoms with Crippen molar-refractivity contribution in [1.29, 1.82) is 5.26 Å². The normalized spacial score (nSPS) is 13.8. The largest absolute Gasteiger partial charge is 0.337 e. The molecule has 1 amide bonds. The van der Waals surface area contributed by atoms with E-state index in [9.17, 15) is 10.1 Å². The van der Waals surface area contributed by atoms with E-state index in [-0.39, 0.29) is 23.0 Å². The van der Waals surface area contributed by atoms with Crippen molar-refractivity contribution in [2.24, 2.45) is 13.0 Å². The molecule has 0 fully saturated rings. The Morgan fingerprint density at radius 1 is 1.21 bits per heavy atom. The molecular weight excluding hydrogens is 370 g/mol. The summed E-state index contributed by atoms with van der Waals surface area (Å²) in [7, 11) is 1.89. The molecule has 0 aliphatic carbocycles. The molecule has 0 unspecified atom stereocenters. The molecule has 2 aromatic rings. The molecule has 0 bridgehead atoms. The molecule has 7 heteroatoms. The lowest BCUT2D eigenvalue weighted by molar-refractivity contribution is -0.120. The molecule has 1 atom stereocenters. The van der Waals surface area contributed by atoms with Crippen molar-refractivity contribution < 1.29 is 4.79 Å². The molecule has 1 N–H and O–H groups in total. The van der Waals surface area contributed by atoms with Crippen LogP contribution in [0.15, 0.2) is 29.4 Å². The number of thioether (sulfide) groups is 1. The van der Waals surface area contributed by atoms with E-state index in [0.29, 0.717) is 5.16 Å². The zero-order valence-corrected chi connectivity index (χ0v) is 18.5. The van der Waals surface area contributed by atoms with Crippen LogP contribution in [0.1, 0.15) is 47.1 Å². The Labute approximate surface area is 171 Å². The Morgan fingerprint density at radius 3 is 2.32 bits per heavy atom. The molecule has 1 aromatic carbocycles. The molecule has 1 aromatic heterocycles. The monoisotopic (exact) mass is 399 g/mol. The van der Waals surface area contributed by atoms with Crippen molar-refractivity contribution in [3.63, 3.8) is 0 Å². The third kappa shape index (κ3) is 4.93. The molecule has 0 radical (unpaired) electrons. The van der Waals surface area contributed by atoms with Gasteiger partial charge in [-0.05, 0) is 23.8 Å².